The van der Waals surface area contributed by atoms with Crippen LogP contribution in [-0.4, -0.2) is 23.9 Å². The number of sulfone groups is 1. The number of nitrogens with zero attached hydrogens (tertiary/aromatic N) is 2. The number of amides is 1. The minimum Gasteiger partial charge on any atom is -0.338 e. The number of carbonyl (C=O) groups excluding carboxylic acids is 1. The van der Waals surface area contributed by atoms with E-state index in [0.717, 1.165) is 17.3 Å². The fourth-order valence-electron chi connectivity index (χ4n) is 3.28. The predicted molar refractivity (Wildman–Crippen MR) is 119 cm³/mol. The highest BCUT2D eigenvalue weighted by atomic mass is 32.2. The van der Waals surface area contributed by atoms with Crippen molar-refractivity contribution in [3.05, 3.63) is 76.9 Å². The molecule has 2 aromatic carbocycles. The van der Waals surface area contributed by atoms with Crippen molar-refractivity contribution in [1.82, 2.24) is 9.55 Å². The van der Waals surface area contributed by atoms with Gasteiger partial charge in [0, 0.05) is 29.0 Å². The number of fused-ring (bicyclic) bond motifs is 1. The van der Waals surface area contributed by atoms with Crippen LogP contribution in [0.2, 0.25) is 0 Å². The van der Waals surface area contributed by atoms with Crippen molar-refractivity contribution in [2.24, 2.45) is 0 Å². The normalized spacial score (nSPS) is 11.6. The molecule has 1 N–H and O–H groups in total. The van der Waals surface area contributed by atoms with Gasteiger partial charge in [-0.05, 0) is 59.8 Å². The van der Waals surface area contributed by atoms with Gasteiger partial charge in [-0.2, -0.15) is 0 Å². The number of hydrogen-bond donors (Lipinski definition) is 1. The molecule has 0 fully saturated rings. The fraction of sp³-hybridized carbons (Fsp3) is 0.182. The lowest BCUT2D eigenvalue weighted by Crippen LogP contribution is -2.18. The summed E-state index contributed by atoms with van der Waals surface area (Å²) in [7, 11) is -3.47. The number of carbonyl (C=O) groups is 1. The molecular formula is C22H21N3O3S2. The minimum absolute atomic E-state index is 0.128. The first-order valence-electron chi connectivity index (χ1n) is 9.53. The molecule has 0 radical (unpaired) electrons. The Morgan fingerprint density at radius 3 is 2.63 bits per heavy atom. The highest BCUT2D eigenvalue weighted by Gasteiger charge is 2.17. The second-order valence-electron chi connectivity index (χ2n) is 6.95. The van der Waals surface area contributed by atoms with Crippen LogP contribution < -0.4 is 5.32 Å². The van der Waals surface area contributed by atoms with Crippen molar-refractivity contribution in [2.45, 2.75) is 30.5 Å². The molecule has 0 aliphatic rings. The number of hydrogen-bond acceptors (Lipinski definition) is 5. The summed E-state index contributed by atoms with van der Waals surface area (Å²) in [5.41, 5.74) is 2.82. The fourth-order valence-corrected chi connectivity index (χ4v) is 5.53. The summed E-state index contributed by atoms with van der Waals surface area (Å²) < 4.78 is 26.9. The molecule has 0 saturated carbocycles. The number of thiazole rings is 1. The number of aromatic nitrogens is 2. The van der Waals surface area contributed by atoms with Crippen molar-refractivity contribution >= 4 is 43.7 Å². The molecule has 0 spiro atoms. The summed E-state index contributed by atoms with van der Waals surface area (Å²) in [6, 6.07) is 14.5. The third-order valence-electron chi connectivity index (χ3n) is 4.85. The van der Waals surface area contributed by atoms with Crippen LogP contribution in [0.15, 0.2) is 71.2 Å². The maximum atomic E-state index is 12.5. The van der Waals surface area contributed by atoms with Crippen molar-refractivity contribution in [1.29, 1.82) is 0 Å². The number of aryl methyl sites for hydroxylation is 1. The van der Waals surface area contributed by atoms with Crippen LogP contribution in [0.4, 0.5) is 5.69 Å². The zero-order chi connectivity index (χ0) is 21.1. The lowest BCUT2D eigenvalue weighted by atomic mass is 10.1. The van der Waals surface area contributed by atoms with E-state index in [9.17, 15) is 13.2 Å². The molecular weight excluding hydrogens is 418 g/mol. The molecule has 30 heavy (non-hydrogen) atoms. The first-order valence-corrected chi connectivity index (χ1v) is 12.1. The van der Waals surface area contributed by atoms with Crippen molar-refractivity contribution in [3.8, 4) is 0 Å². The average Bonchev–Trinajstić information content (AvgIpc) is 3.37. The smallest absolute Gasteiger partial charge is 0.244 e. The Hall–Kier alpha value is -2.97. The van der Waals surface area contributed by atoms with Crippen LogP contribution in [0.1, 0.15) is 17.5 Å². The van der Waals surface area contributed by atoms with Gasteiger partial charge in [0.1, 0.15) is 17.3 Å². The SMILES string of the molecule is CCc1ccc2c(ccn2CC(=O)Nc2ccc(S(=O)(=O)Cc3nccs3)cc2)c1. The largest absolute Gasteiger partial charge is 0.338 e. The van der Waals surface area contributed by atoms with Gasteiger partial charge in [0.2, 0.25) is 5.91 Å². The van der Waals surface area contributed by atoms with E-state index in [4.69, 9.17) is 0 Å². The van der Waals surface area contributed by atoms with E-state index in [1.807, 2.05) is 22.9 Å². The summed E-state index contributed by atoms with van der Waals surface area (Å²) in [5, 5.41) is 6.24. The monoisotopic (exact) mass is 439 g/mol. The summed E-state index contributed by atoms with van der Waals surface area (Å²) in [6.45, 7) is 2.29. The topological polar surface area (TPSA) is 81.1 Å². The van der Waals surface area contributed by atoms with Gasteiger partial charge in [0.15, 0.2) is 9.84 Å². The summed E-state index contributed by atoms with van der Waals surface area (Å²) >= 11 is 1.31. The van der Waals surface area contributed by atoms with Crippen molar-refractivity contribution in [2.75, 3.05) is 5.32 Å². The van der Waals surface area contributed by atoms with Crippen LogP contribution in [0.3, 0.4) is 0 Å². The second-order valence-corrected chi connectivity index (χ2v) is 9.92. The Balaban J connectivity index is 1.43. The average molecular weight is 440 g/mol. The predicted octanol–water partition coefficient (Wildman–Crippen LogP) is 4.27. The van der Waals surface area contributed by atoms with E-state index in [2.05, 4.69) is 29.4 Å². The summed E-state index contributed by atoms with van der Waals surface area (Å²) in [5.74, 6) is -0.304. The van der Waals surface area contributed by atoms with Gasteiger partial charge in [-0.1, -0.05) is 13.0 Å². The molecule has 154 valence electrons. The van der Waals surface area contributed by atoms with E-state index in [1.54, 1.807) is 23.7 Å². The van der Waals surface area contributed by atoms with Gasteiger partial charge in [-0.15, -0.1) is 11.3 Å². The maximum absolute atomic E-state index is 12.5. The molecule has 4 aromatic rings. The van der Waals surface area contributed by atoms with Crippen LogP contribution in [0.25, 0.3) is 10.9 Å². The molecule has 4 rings (SSSR count). The minimum atomic E-state index is -3.47. The lowest BCUT2D eigenvalue weighted by Gasteiger charge is -2.09. The van der Waals surface area contributed by atoms with E-state index in [-0.39, 0.29) is 23.1 Å². The number of rotatable bonds is 7. The van der Waals surface area contributed by atoms with Crippen LogP contribution in [-0.2, 0) is 33.4 Å². The molecule has 0 aliphatic carbocycles. The zero-order valence-corrected chi connectivity index (χ0v) is 18.0. The molecule has 0 saturated heterocycles. The van der Waals surface area contributed by atoms with Crippen molar-refractivity contribution in [3.63, 3.8) is 0 Å². The Morgan fingerprint density at radius 1 is 1.13 bits per heavy atom. The third kappa shape index (κ3) is 4.44. The van der Waals surface area contributed by atoms with E-state index >= 15 is 0 Å². The Kier molecular flexibility index (Phi) is 5.69. The number of benzene rings is 2. The second kappa shape index (κ2) is 8.41. The molecule has 2 heterocycles. The third-order valence-corrected chi connectivity index (χ3v) is 7.46. The lowest BCUT2D eigenvalue weighted by molar-refractivity contribution is -0.116. The van der Waals surface area contributed by atoms with E-state index < -0.39 is 9.84 Å². The van der Waals surface area contributed by atoms with Gasteiger partial charge in [0.25, 0.3) is 0 Å². The van der Waals surface area contributed by atoms with Gasteiger partial charge in [0.05, 0.1) is 4.90 Å². The molecule has 6 nitrogen and oxygen atoms in total. The number of anilines is 1. The first-order chi connectivity index (χ1) is 14.4. The van der Waals surface area contributed by atoms with Gasteiger partial charge >= 0.3 is 0 Å². The Morgan fingerprint density at radius 2 is 1.93 bits per heavy atom. The van der Waals surface area contributed by atoms with Crippen LogP contribution in [0, 0.1) is 0 Å². The van der Waals surface area contributed by atoms with Gasteiger partial charge in [-0.3, -0.25) is 4.79 Å². The van der Waals surface area contributed by atoms with Gasteiger partial charge in [-0.25, -0.2) is 13.4 Å². The van der Waals surface area contributed by atoms with E-state index in [1.165, 1.54) is 29.0 Å². The highest BCUT2D eigenvalue weighted by Crippen LogP contribution is 2.21. The van der Waals surface area contributed by atoms with E-state index in [0.29, 0.717) is 10.7 Å². The molecule has 0 atom stereocenters. The number of nitrogens with one attached hydrogen (secondary N) is 1. The molecule has 0 unspecified atom stereocenters. The molecule has 2 aromatic heterocycles. The highest BCUT2D eigenvalue weighted by molar-refractivity contribution is 7.90. The van der Waals surface area contributed by atoms with Crippen LogP contribution >= 0.6 is 11.3 Å². The van der Waals surface area contributed by atoms with Gasteiger partial charge < -0.3 is 9.88 Å². The first kappa shape index (κ1) is 20.3. The Bertz CT molecular complexity index is 1280. The zero-order valence-electron chi connectivity index (χ0n) is 16.4. The molecule has 0 aliphatic heterocycles. The van der Waals surface area contributed by atoms with Crippen molar-refractivity contribution < 1.29 is 13.2 Å². The maximum Gasteiger partial charge on any atom is 0.244 e. The molecule has 0 bridgehead atoms. The molecule has 1 amide bonds. The quantitative estimate of drug-likeness (QED) is 0.466. The van der Waals surface area contributed by atoms with Crippen LogP contribution in [0.5, 0.6) is 0 Å². The Labute approximate surface area is 179 Å². The summed E-state index contributed by atoms with van der Waals surface area (Å²) in [6.07, 6.45) is 4.46. The summed E-state index contributed by atoms with van der Waals surface area (Å²) in [4.78, 5) is 16.7. The molecule has 8 heteroatoms. The standard InChI is InChI=1S/C22H21N3O3S2/c1-2-16-3-8-20-17(13-16)9-11-25(20)14-21(26)24-18-4-6-19(7-5-18)30(27,28)15-22-23-10-12-29-22/h3-13H,2,14-15H2,1H3,(H,24,26).